The summed E-state index contributed by atoms with van der Waals surface area (Å²) >= 11 is 3.43. The van der Waals surface area contributed by atoms with Crippen molar-refractivity contribution in [3.63, 3.8) is 0 Å². The molecule has 0 nitrogen and oxygen atoms in total. The zero-order valence-electron chi connectivity index (χ0n) is 40.9. The predicted molar refractivity (Wildman–Crippen MR) is 309 cm³/mol. The van der Waals surface area contributed by atoms with Gasteiger partial charge in [-0.05, 0) is 26.7 Å². The summed E-state index contributed by atoms with van der Waals surface area (Å²) in [6.45, 7) is 17.3. The van der Waals surface area contributed by atoms with Crippen LogP contribution in [0.25, 0.3) is 43.1 Å². The Hall–Kier alpha value is -2.88. The van der Waals surface area contributed by atoms with Crippen LogP contribution in [0, 0.1) is 41.5 Å². The summed E-state index contributed by atoms with van der Waals surface area (Å²) in [6, 6.07) is 68.0. The molecule has 0 heterocycles. The van der Waals surface area contributed by atoms with E-state index in [2.05, 4.69) is 237 Å². The SMILES string of the molecule is CCc1cccc2[cH-]c(C)cc12.CCc1cccc2[cH-]c(C)cc12.Cc1cc2c(C)cccc2[cH-]1.Cc1cc2c(C)cccc2[cH-]1.Cl.Cl.Cl.Cl.[Zr+2]=[SiH]Cc1ccccc1.[Zr+2]=[SiH]Cc1ccccc1. The molecular formula is C60H68Cl4Si2Zr2. The molecule has 0 fully saturated rings. The van der Waals surface area contributed by atoms with E-state index in [0.29, 0.717) is 12.3 Å². The van der Waals surface area contributed by atoms with E-state index in [-0.39, 0.29) is 49.6 Å². The van der Waals surface area contributed by atoms with Crippen LogP contribution in [0.2, 0.25) is 0 Å². The van der Waals surface area contributed by atoms with Crippen molar-refractivity contribution in [3.8, 4) is 0 Å². The van der Waals surface area contributed by atoms with E-state index in [0.717, 1.165) is 12.8 Å². The van der Waals surface area contributed by atoms with Gasteiger partial charge in [-0.3, -0.25) is 0 Å². The van der Waals surface area contributed by atoms with Gasteiger partial charge in [-0.15, -0.1) is 188 Å². The maximum absolute atomic E-state index is 2.27. The third-order valence-electron chi connectivity index (χ3n) is 11.3. The summed E-state index contributed by atoms with van der Waals surface area (Å²) in [5.74, 6) is 0. The molecule has 0 aliphatic heterocycles. The van der Waals surface area contributed by atoms with Crippen LogP contribution < -0.4 is 0 Å². The molecule has 352 valence electrons. The molecule has 0 aromatic heterocycles. The second-order valence-corrected chi connectivity index (χ2v) is 24.3. The molecule has 0 aliphatic carbocycles. The van der Waals surface area contributed by atoms with Gasteiger partial charge in [0.15, 0.2) is 0 Å². The molecule has 0 radical (unpaired) electrons. The monoisotopic (exact) mass is 1160 g/mol. The number of hydrogen-bond donors (Lipinski definition) is 0. The third-order valence-corrected chi connectivity index (χ3v) is 15.7. The molecule has 0 amide bonds. The second-order valence-electron chi connectivity index (χ2n) is 16.6. The topological polar surface area (TPSA) is 0 Å². The molecule has 0 spiro atoms. The average Bonchev–Trinajstić information content (AvgIpc) is 4.09. The summed E-state index contributed by atoms with van der Waals surface area (Å²) in [5.41, 5.74) is 14.1. The molecule has 0 saturated heterocycles. The zero-order chi connectivity index (χ0) is 45.8. The fraction of sp³-hybridized carbons (Fsp3) is 0.200. The first-order valence-electron chi connectivity index (χ1n) is 22.6. The number of hydrogen-bond acceptors (Lipinski definition) is 0. The zero-order valence-corrected chi connectivity index (χ0v) is 51.4. The van der Waals surface area contributed by atoms with E-state index in [1.54, 1.807) is 46.7 Å². The minimum absolute atomic E-state index is 0. The Morgan fingerprint density at radius 2 is 0.632 bits per heavy atom. The molecule has 0 aliphatic rings. The van der Waals surface area contributed by atoms with Crippen molar-refractivity contribution < 1.29 is 46.7 Å². The summed E-state index contributed by atoms with van der Waals surface area (Å²) in [6.07, 6.45) is 3.68. The van der Waals surface area contributed by atoms with Crippen molar-refractivity contribution in [3.05, 3.63) is 238 Å². The van der Waals surface area contributed by atoms with E-state index in [1.807, 2.05) is 0 Å². The summed E-state index contributed by atoms with van der Waals surface area (Å²) < 4.78 is 0. The molecule has 10 rings (SSSR count). The van der Waals surface area contributed by atoms with Crippen LogP contribution in [0.4, 0.5) is 0 Å². The van der Waals surface area contributed by atoms with Gasteiger partial charge in [0.1, 0.15) is 0 Å². The molecule has 0 bridgehead atoms. The standard InChI is InChI=1S/2C12H13.2C11H11.2C7H8Si.4ClH.2Zr/c2*1-3-10-5-4-6-11-7-9(2)8-12(10)11;2*1-8-6-10-5-3-4-9(2)11(10)7-8;2*8-6-7-4-2-1-3-5-7;;;;;;/h2*4-8H,3H2,1-2H3;2*3-7H,1-2H3;2*1-5,8H,6H2;4*1H;;/q4*-1;;;;;;;2*+2. The summed E-state index contributed by atoms with van der Waals surface area (Å²) in [5, 5.41) is 11.1. The van der Waals surface area contributed by atoms with E-state index in [1.165, 1.54) is 111 Å². The van der Waals surface area contributed by atoms with Crippen LogP contribution in [0.1, 0.15) is 69.5 Å². The van der Waals surface area contributed by atoms with E-state index >= 15 is 0 Å². The first-order chi connectivity index (χ1) is 31.0. The van der Waals surface area contributed by atoms with Crippen LogP contribution in [0.5, 0.6) is 0 Å². The Bertz CT molecular complexity index is 2770. The molecular weight excluding hydrogens is 1100 g/mol. The maximum atomic E-state index is 2.27. The number of halogens is 4. The van der Waals surface area contributed by atoms with Gasteiger partial charge >= 0.3 is 143 Å². The van der Waals surface area contributed by atoms with Crippen LogP contribution in [-0.4, -0.2) is 12.3 Å². The van der Waals surface area contributed by atoms with Crippen molar-refractivity contribution in [2.75, 3.05) is 0 Å². The molecule has 0 N–H and O–H groups in total. The first-order valence-corrected chi connectivity index (χ1v) is 33.9. The van der Waals surface area contributed by atoms with Crippen LogP contribution in [-0.2, 0) is 71.6 Å². The third kappa shape index (κ3) is 19.7. The van der Waals surface area contributed by atoms with Crippen molar-refractivity contribution in [1.29, 1.82) is 0 Å². The van der Waals surface area contributed by atoms with E-state index in [9.17, 15) is 0 Å². The fourth-order valence-electron chi connectivity index (χ4n) is 8.06. The van der Waals surface area contributed by atoms with Gasteiger partial charge in [-0.25, -0.2) is 0 Å². The molecule has 10 aromatic carbocycles. The van der Waals surface area contributed by atoms with Crippen LogP contribution in [0.3, 0.4) is 0 Å². The first kappa shape index (κ1) is 63.1. The van der Waals surface area contributed by atoms with Crippen molar-refractivity contribution in [2.45, 2.75) is 80.3 Å². The molecule has 8 heteroatoms. The van der Waals surface area contributed by atoms with Crippen molar-refractivity contribution in [1.82, 2.24) is 0 Å². The number of aryl methyl sites for hydroxylation is 8. The molecule has 68 heavy (non-hydrogen) atoms. The van der Waals surface area contributed by atoms with Crippen molar-refractivity contribution in [2.24, 2.45) is 0 Å². The minimum atomic E-state index is 0. The predicted octanol–water partition coefficient (Wildman–Crippen LogP) is 17.1. The molecule has 0 saturated carbocycles. The number of rotatable bonds is 6. The Balaban J connectivity index is 0.000000405. The van der Waals surface area contributed by atoms with E-state index < -0.39 is 0 Å². The Morgan fingerprint density at radius 1 is 0.353 bits per heavy atom. The normalized spacial score (nSPS) is 9.71. The van der Waals surface area contributed by atoms with Gasteiger partial charge < -0.3 is 0 Å². The molecule has 0 atom stereocenters. The summed E-state index contributed by atoms with van der Waals surface area (Å²) in [4.78, 5) is 0. The molecule has 0 unspecified atom stereocenters. The van der Waals surface area contributed by atoms with Gasteiger partial charge in [0.2, 0.25) is 0 Å². The number of benzene rings is 6. The average molecular weight is 1170 g/mol. The quantitative estimate of drug-likeness (QED) is 0.115. The fourth-order valence-corrected chi connectivity index (χ4v) is 12.6. The Morgan fingerprint density at radius 3 is 0.912 bits per heavy atom. The van der Waals surface area contributed by atoms with Gasteiger partial charge in [-0.2, -0.15) is 24.3 Å². The van der Waals surface area contributed by atoms with Gasteiger partial charge in [0.05, 0.1) is 0 Å². The van der Waals surface area contributed by atoms with E-state index in [4.69, 9.17) is 0 Å². The van der Waals surface area contributed by atoms with Gasteiger partial charge in [0, 0.05) is 0 Å². The van der Waals surface area contributed by atoms with Crippen LogP contribution >= 0.6 is 49.6 Å². The second kappa shape index (κ2) is 33.7. The Labute approximate surface area is 464 Å². The van der Waals surface area contributed by atoms with Gasteiger partial charge in [-0.1, -0.05) is 88.1 Å². The van der Waals surface area contributed by atoms with Gasteiger partial charge in [0.25, 0.3) is 0 Å². The number of fused-ring (bicyclic) bond motifs is 4. The summed E-state index contributed by atoms with van der Waals surface area (Å²) in [7, 11) is 0. The van der Waals surface area contributed by atoms with Crippen LogP contribution in [0.15, 0.2) is 182 Å². The van der Waals surface area contributed by atoms with Crippen molar-refractivity contribution >= 4 is 105 Å². The Kier molecular flexibility index (Phi) is 31.3. The molecule has 10 aromatic rings.